The van der Waals surface area contributed by atoms with Crippen LogP contribution < -0.4 is 25.8 Å². The molecule has 2 amide bonds. The summed E-state index contributed by atoms with van der Waals surface area (Å²) in [5.41, 5.74) is 2.08. The number of aromatic nitrogens is 4. The monoisotopic (exact) mass is 475 g/mol. The lowest BCUT2D eigenvalue weighted by Crippen LogP contribution is -2.38. The molecule has 11 heteroatoms. The van der Waals surface area contributed by atoms with E-state index in [0.29, 0.717) is 30.6 Å². The van der Waals surface area contributed by atoms with Crippen molar-refractivity contribution in [2.45, 2.75) is 31.3 Å². The van der Waals surface area contributed by atoms with Gasteiger partial charge < -0.3 is 19.7 Å². The fourth-order valence-electron chi connectivity index (χ4n) is 4.43. The van der Waals surface area contributed by atoms with Gasteiger partial charge in [-0.1, -0.05) is 0 Å². The fraction of sp³-hybridized carbons (Fsp3) is 0.375. The van der Waals surface area contributed by atoms with Crippen molar-refractivity contribution < 1.29 is 14.3 Å². The highest BCUT2D eigenvalue weighted by molar-refractivity contribution is 5.98. The highest BCUT2D eigenvalue weighted by atomic mass is 16.5. The highest BCUT2D eigenvalue weighted by Crippen LogP contribution is 2.49. The number of nitrogens with zero attached hydrogens (tertiary/aromatic N) is 4. The van der Waals surface area contributed by atoms with Crippen LogP contribution in [-0.2, 0) is 11.2 Å². The molecule has 0 bridgehead atoms. The number of benzene rings is 1. The molecule has 1 saturated heterocycles. The summed E-state index contributed by atoms with van der Waals surface area (Å²) in [5, 5.41) is 5.22. The Labute approximate surface area is 200 Å². The van der Waals surface area contributed by atoms with Gasteiger partial charge in [0.1, 0.15) is 11.4 Å². The van der Waals surface area contributed by atoms with Crippen molar-refractivity contribution in [3.8, 4) is 17.3 Å². The number of carbonyl (C=O) groups excluding carboxylic acids is 1. The Morgan fingerprint density at radius 1 is 1.03 bits per heavy atom. The number of amides is 2. The second kappa shape index (κ2) is 8.66. The van der Waals surface area contributed by atoms with Crippen molar-refractivity contribution in [1.29, 1.82) is 0 Å². The number of hydrogen-bond donors (Lipinski definition) is 3. The first-order chi connectivity index (χ1) is 17.1. The van der Waals surface area contributed by atoms with Crippen LogP contribution in [0.1, 0.15) is 24.8 Å². The maximum atomic E-state index is 12.3. The molecule has 0 atom stereocenters. The van der Waals surface area contributed by atoms with Gasteiger partial charge in [0.2, 0.25) is 11.8 Å². The molecular weight excluding hydrogens is 450 g/mol. The van der Waals surface area contributed by atoms with Crippen molar-refractivity contribution in [1.82, 2.24) is 19.9 Å². The quantitative estimate of drug-likeness (QED) is 0.524. The van der Waals surface area contributed by atoms with Gasteiger partial charge in [-0.05, 0) is 49.9 Å². The second-order valence-corrected chi connectivity index (χ2v) is 8.98. The standard InChI is InChI=1S/C24H25N7O4/c32-18-6-10-25-22(27-18)30-23(33)26-16-3-1-15(2-4-16)19-28-20(31-11-13-34-14-12-31)17-5-7-24(8-9-24)35-21(17)29-19/h1-4,6,10H,5,7-9,11-14H2,(H3,25,26,27,30,32,33). The number of H-pyrrole nitrogens is 1. The minimum Gasteiger partial charge on any atom is -0.471 e. The first-order valence-electron chi connectivity index (χ1n) is 11.7. The molecule has 1 saturated carbocycles. The number of fused-ring (bicyclic) bond motifs is 1. The summed E-state index contributed by atoms with van der Waals surface area (Å²) in [6, 6.07) is 8.02. The second-order valence-electron chi connectivity index (χ2n) is 8.98. The minimum absolute atomic E-state index is 0.0417. The molecule has 3 aliphatic rings. The number of rotatable bonds is 4. The Morgan fingerprint density at radius 3 is 2.57 bits per heavy atom. The third-order valence-corrected chi connectivity index (χ3v) is 6.51. The molecule has 6 rings (SSSR count). The van der Waals surface area contributed by atoms with E-state index < -0.39 is 6.03 Å². The lowest BCUT2D eigenvalue weighted by Gasteiger charge is -2.33. The summed E-state index contributed by atoms with van der Waals surface area (Å²) < 4.78 is 11.9. The molecule has 11 nitrogen and oxygen atoms in total. The van der Waals surface area contributed by atoms with Crippen molar-refractivity contribution in [3.63, 3.8) is 0 Å². The van der Waals surface area contributed by atoms with Crippen molar-refractivity contribution in [2.75, 3.05) is 41.8 Å². The van der Waals surface area contributed by atoms with Crippen molar-refractivity contribution in [3.05, 3.63) is 52.4 Å². The summed E-state index contributed by atoms with van der Waals surface area (Å²) in [5.74, 6) is 2.27. The van der Waals surface area contributed by atoms with E-state index in [1.165, 1.54) is 12.3 Å². The van der Waals surface area contributed by atoms with Gasteiger partial charge in [-0.3, -0.25) is 15.1 Å². The zero-order valence-corrected chi connectivity index (χ0v) is 19.0. The average Bonchev–Trinajstić information content (AvgIpc) is 3.62. The van der Waals surface area contributed by atoms with E-state index in [2.05, 4.69) is 25.5 Å². The predicted octanol–water partition coefficient (Wildman–Crippen LogP) is 2.57. The molecule has 0 unspecified atom stereocenters. The third-order valence-electron chi connectivity index (χ3n) is 6.51. The lowest BCUT2D eigenvalue weighted by atomic mass is 10.0. The zero-order chi connectivity index (χ0) is 23.8. The van der Waals surface area contributed by atoms with Crippen LogP contribution in [0.15, 0.2) is 41.3 Å². The molecule has 0 radical (unpaired) electrons. The number of urea groups is 1. The van der Waals surface area contributed by atoms with E-state index in [0.717, 1.165) is 55.7 Å². The molecular formula is C24H25N7O4. The Kier molecular flexibility index (Phi) is 5.33. The molecule has 3 aromatic rings. The molecule has 2 aromatic heterocycles. The smallest absolute Gasteiger partial charge is 0.326 e. The van der Waals surface area contributed by atoms with E-state index in [4.69, 9.17) is 19.4 Å². The maximum absolute atomic E-state index is 12.3. The van der Waals surface area contributed by atoms with Crippen LogP contribution in [0, 0.1) is 0 Å². The van der Waals surface area contributed by atoms with Crippen LogP contribution in [0.5, 0.6) is 5.88 Å². The summed E-state index contributed by atoms with van der Waals surface area (Å²) >= 11 is 0. The lowest BCUT2D eigenvalue weighted by molar-refractivity contribution is 0.121. The summed E-state index contributed by atoms with van der Waals surface area (Å²) in [6.45, 7) is 2.92. The Hall–Kier alpha value is -3.99. The van der Waals surface area contributed by atoms with E-state index in [1.54, 1.807) is 12.1 Å². The maximum Gasteiger partial charge on any atom is 0.326 e. The van der Waals surface area contributed by atoms with Crippen LogP contribution in [0.3, 0.4) is 0 Å². The van der Waals surface area contributed by atoms with Crippen LogP contribution in [0.2, 0.25) is 0 Å². The zero-order valence-electron chi connectivity index (χ0n) is 19.0. The molecule has 2 fully saturated rings. The minimum atomic E-state index is -0.519. The van der Waals surface area contributed by atoms with Gasteiger partial charge in [-0.2, -0.15) is 4.98 Å². The van der Waals surface area contributed by atoms with Crippen molar-refractivity contribution in [2.24, 2.45) is 0 Å². The first kappa shape index (κ1) is 21.5. The predicted molar refractivity (Wildman–Crippen MR) is 129 cm³/mol. The number of nitrogens with one attached hydrogen (secondary N) is 3. The van der Waals surface area contributed by atoms with E-state index in [9.17, 15) is 9.59 Å². The molecule has 180 valence electrons. The fourth-order valence-corrected chi connectivity index (χ4v) is 4.43. The van der Waals surface area contributed by atoms with E-state index in [-0.39, 0.29) is 17.1 Å². The number of aromatic amines is 1. The molecule has 4 heterocycles. The van der Waals surface area contributed by atoms with Crippen LogP contribution >= 0.6 is 0 Å². The largest absolute Gasteiger partial charge is 0.471 e. The van der Waals surface area contributed by atoms with E-state index in [1.807, 2.05) is 12.1 Å². The first-order valence-corrected chi connectivity index (χ1v) is 11.7. The van der Waals surface area contributed by atoms with Gasteiger partial charge in [0, 0.05) is 36.6 Å². The number of morpholine rings is 1. The summed E-state index contributed by atoms with van der Waals surface area (Å²) in [4.78, 5) is 42.0. The summed E-state index contributed by atoms with van der Waals surface area (Å²) in [7, 11) is 0. The average molecular weight is 476 g/mol. The Balaban J connectivity index is 1.24. The van der Waals surface area contributed by atoms with Gasteiger partial charge in [0.25, 0.3) is 5.56 Å². The van der Waals surface area contributed by atoms with Gasteiger partial charge >= 0.3 is 6.03 Å². The molecule has 2 aliphatic heterocycles. The molecule has 3 N–H and O–H groups in total. The molecule has 1 aromatic carbocycles. The number of ether oxygens (including phenoxy) is 2. The molecule has 1 aliphatic carbocycles. The Morgan fingerprint density at radius 2 is 1.83 bits per heavy atom. The van der Waals surface area contributed by atoms with Crippen LogP contribution in [-0.4, -0.2) is 57.9 Å². The van der Waals surface area contributed by atoms with Gasteiger partial charge in [-0.15, -0.1) is 0 Å². The highest BCUT2D eigenvalue weighted by Gasteiger charge is 2.48. The Bertz CT molecular complexity index is 1310. The number of carbonyl (C=O) groups is 1. The van der Waals surface area contributed by atoms with Gasteiger partial charge in [-0.25, -0.2) is 14.8 Å². The van der Waals surface area contributed by atoms with Gasteiger partial charge in [0.05, 0.1) is 18.8 Å². The van der Waals surface area contributed by atoms with Gasteiger partial charge in [0.15, 0.2) is 5.82 Å². The molecule has 35 heavy (non-hydrogen) atoms. The van der Waals surface area contributed by atoms with Crippen molar-refractivity contribution >= 4 is 23.5 Å². The number of hydrogen-bond acceptors (Lipinski definition) is 8. The third kappa shape index (κ3) is 4.54. The molecule has 1 spiro atoms. The normalized spacial score (nSPS) is 17.9. The van der Waals surface area contributed by atoms with E-state index >= 15 is 0 Å². The number of anilines is 3. The van der Waals surface area contributed by atoms with Crippen LogP contribution in [0.25, 0.3) is 11.4 Å². The van der Waals surface area contributed by atoms with Crippen LogP contribution in [0.4, 0.5) is 22.2 Å². The SMILES string of the molecule is O=C(Nc1ccc(-c2nc3c(c(N4CCOCC4)n2)CCC2(CC2)O3)cc1)Nc1nccc(=O)[nH]1. The topological polar surface area (TPSA) is 134 Å². The summed E-state index contributed by atoms with van der Waals surface area (Å²) in [6.07, 6.45) is 5.40.